The van der Waals surface area contributed by atoms with Gasteiger partial charge in [0, 0.05) is 16.0 Å². The van der Waals surface area contributed by atoms with E-state index in [0.29, 0.717) is 33.7 Å². The quantitative estimate of drug-likeness (QED) is 0.164. The molecule has 4 rings (SSSR count). The minimum atomic E-state index is -0.482. The van der Waals surface area contributed by atoms with Gasteiger partial charge in [-0.3, -0.25) is 4.79 Å². The maximum atomic E-state index is 12.8. The summed E-state index contributed by atoms with van der Waals surface area (Å²) in [6, 6.07) is 24.2. The number of ether oxygens (including phenoxy) is 3. The van der Waals surface area contributed by atoms with Crippen molar-refractivity contribution in [2.45, 2.75) is 13.5 Å². The molecule has 0 spiro atoms. The fraction of sp³-hybridized carbons (Fsp3) is 0.133. The molecule has 1 aromatic heterocycles. The van der Waals surface area contributed by atoms with E-state index in [2.05, 4.69) is 5.32 Å². The molecule has 1 N–H and O–H groups in total. The fourth-order valence-corrected chi connectivity index (χ4v) is 4.74. The number of benzene rings is 3. The zero-order valence-corrected chi connectivity index (χ0v) is 22.5. The van der Waals surface area contributed by atoms with Crippen LogP contribution in [0.5, 0.6) is 11.5 Å². The molecule has 194 valence electrons. The lowest BCUT2D eigenvalue weighted by molar-refractivity contribution is -0.111. The second-order valence-corrected chi connectivity index (χ2v) is 9.58. The zero-order valence-electron chi connectivity index (χ0n) is 20.9. The Morgan fingerprint density at radius 3 is 2.45 bits per heavy atom. The van der Waals surface area contributed by atoms with Crippen LogP contribution in [-0.2, 0) is 16.1 Å². The van der Waals surface area contributed by atoms with Crippen molar-refractivity contribution in [2.75, 3.05) is 19.0 Å². The molecule has 3 aromatic carbocycles. The predicted octanol–water partition coefficient (Wildman–Crippen LogP) is 7.48. The highest BCUT2D eigenvalue weighted by atomic mass is 35.5. The van der Waals surface area contributed by atoms with Crippen LogP contribution >= 0.6 is 22.9 Å². The largest absolute Gasteiger partial charge is 0.493 e. The number of nitrogens with one attached hydrogen (secondary N) is 1. The van der Waals surface area contributed by atoms with Crippen LogP contribution in [0.15, 0.2) is 84.9 Å². The summed E-state index contributed by atoms with van der Waals surface area (Å²) >= 11 is 7.25. The van der Waals surface area contributed by atoms with Gasteiger partial charge in [-0.25, -0.2) is 4.79 Å². The standard InChI is InChI=1S/C30H26ClNO5S/c1-3-36-30(34)24-18-27(22-7-5-4-6-8-22)38-29(24)32-28(33)16-12-20-11-15-25(26(17-20)35-2)37-19-21-9-13-23(31)14-10-21/h4-18H,3,19H2,1-2H3,(H,32,33). The molecule has 0 aliphatic rings. The summed E-state index contributed by atoms with van der Waals surface area (Å²) in [5.41, 5.74) is 2.99. The Hall–Kier alpha value is -4.07. The van der Waals surface area contributed by atoms with Gasteiger partial charge in [-0.2, -0.15) is 0 Å². The first-order valence-electron chi connectivity index (χ1n) is 11.9. The molecule has 4 aromatic rings. The molecule has 1 heterocycles. The van der Waals surface area contributed by atoms with E-state index >= 15 is 0 Å². The third kappa shape index (κ3) is 7.03. The molecule has 8 heteroatoms. The van der Waals surface area contributed by atoms with Crippen molar-refractivity contribution in [3.05, 3.63) is 107 Å². The molecule has 0 bridgehead atoms. The van der Waals surface area contributed by atoms with Crippen molar-refractivity contribution in [2.24, 2.45) is 0 Å². The first-order valence-corrected chi connectivity index (χ1v) is 13.1. The predicted molar refractivity (Wildman–Crippen MR) is 152 cm³/mol. The van der Waals surface area contributed by atoms with Gasteiger partial charge in [0.25, 0.3) is 0 Å². The van der Waals surface area contributed by atoms with E-state index in [4.69, 9.17) is 25.8 Å². The van der Waals surface area contributed by atoms with Crippen molar-refractivity contribution < 1.29 is 23.8 Å². The Balaban J connectivity index is 1.46. The number of rotatable bonds is 10. The number of anilines is 1. The second-order valence-electron chi connectivity index (χ2n) is 8.09. The van der Waals surface area contributed by atoms with Crippen LogP contribution in [0.2, 0.25) is 5.02 Å². The number of halogens is 1. The number of carbonyl (C=O) groups excluding carboxylic acids is 2. The van der Waals surface area contributed by atoms with Crippen molar-refractivity contribution in [1.29, 1.82) is 0 Å². The van der Waals surface area contributed by atoms with E-state index in [0.717, 1.165) is 21.6 Å². The van der Waals surface area contributed by atoms with E-state index in [-0.39, 0.29) is 12.5 Å². The van der Waals surface area contributed by atoms with E-state index in [1.807, 2.05) is 60.7 Å². The molecule has 0 unspecified atom stereocenters. The third-order valence-electron chi connectivity index (χ3n) is 5.44. The van der Waals surface area contributed by atoms with Gasteiger partial charge in [0.1, 0.15) is 11.6 Å². The summed E-state index contributed by atoms with van der Waals surface area (Å²) in [4.78, 5) is 26.1. The van der Waals surface area contributed by atoms with Crippen LogP contribution < -0.4 is 14.8 Å². The molecule has 0 aliphatic heterocycles. The SMILES string of the molecule is CCOC(=O)c1cc(-c2ccccc2)sc1NC(=O)C=Cc1ccc(OCc2ccc(Cl)cc2)c(OC)c1. The number of methoxy groups -OCH3 is 1. The average molecular weight is 548 g/mol. The monoisotopic (exact) mass is 547 g/mol. The van der Waals surface area contributed by atoms with Crippen molar-refractivity contribution in [3.8, 4) is 21.9 Å². The maximum absolute atomic E-state index is 12.8. The van der Waals surface area contributed by atoms with E-state index < -0.39 is 5.97 Å². The Bertz CT molecular complexity index is 1430. The molecule has 0 fully saturated rings. The molecular weight excluding hydrogens is 522 g/mol. The van der Waals surface area contributed by atoms with Gasteiger partial charge in [-0.1, -0.05) is 60.1 Å². The topological polar surface area (TPSA) is 73.9 Å². The summed E-state index contributed by atoms with van der Waals surface area (Å²) in [5, 5.41) is 3.92. The fourth-order valence-electron chi connectivity index (χ4n) is 3.56. The highest BCUT2D eigenvalue weighted by molar-refractivity contribution is 7.20. The highest BCUT2D eigenvalue weighted by Crippen LogP contribution is 2.36. The van der Waals surface area contributed by atoms with E-state index in [1.165, 1.54) is 17.4 Å². The number of esters is 1. The number of hydrogen-bond acceptors (Lipinski definition) is 6. The Morgan fingerprint density at radius 2 is 1.74 bits per heavy atom. The Labute approximate surface area is 230 Å². The molecule has 0 aliphatic carbocycles. The first-order chi connectivity index (χ1) is 18.5. The molecule has 38 heavy (non-hydrogen) atoms. The Morgan fingerprint density at radius 1 is 0.974 bits per heavy atom. The van der Waals surface area contributed by atoms with Gasteiger partial charge in [-0.15, -0.1) is 11.3 Å². The Kier molecular flexibility index (Phi) is 9.19. The zero-order chi connectivity index (χ0) is 26.9. The summed E-state index contributed by atoms with van der Waals surface area (Å²) in [6.07, 6.45) is 3.07. The minimum absolute atomic E-state index is 0.240. The first kappa shape index (κ1) is 27.0. The minimum Gasteiger partial charge on any atom is -0.493 e. The van der Waals surface area contributed by atoms with Crippen molar-refractivity contribution >= 4 is 45.9 Å². The van der Waals surface area contributed by atoms with Gasteiger partial charge in [0.05, 0.1) is 19.3 Å². The van der Waals surface area contributed by atoms with E-state index in [1.54, 1.807) is 38.3 Å². The smallest absolute Gasteiger partial charge is 0.341 e. The lowest BCUT2D eigenvalue weighted by Gasteiger charge is -2.11. The van der Waals surface area contributed by atoms with Crippen LogP contribution in [0, 0.1) is 0 Å². The second kappa shape index (κ2) is 12.9. The normalized spacial score (nSPS) is 10.8. The van der Waals surface area contributed by atoms with Gasteiger partial charge in [0.2, 0.25) is 5.91 Å². The third-order valence-corrected chi connectivity index (χ3v) is 6.80. The maximum Gasteiger partial charge on any atom is 0.341 e. The van der Waals surface area contributed by atoms with E-state index in [9.17, 15) is 9.59 Å². The average Bonchev–Trinajstić information content (AvgIpc) is 3.36. The summed E-state index contributed by atoms with van der Waals surface area (Å²) in [5.74, 6) is 0.259. The van der Waals surface area contributed by atoms with Crippen LogP contribution in [0.25, 0.3) is 16.5 Å². The molecule has 0 saturated heterocycles. The van der Waals surface area contributed by atoms with Crippen LogP contribution in [0.4, 0.5) is 5.00 Å². The van der Waals surface area contributed by atoms with Crippen molar-refractivity contribution in [3.63, 3.8) is 0 Å². The molecule has 0 radical (unpaired) electrons. The number of hydrogen-bond donors (Lipinski definition) is 1. The number of thiophene rings is 1. The highest BCUT2D eigenvalue weighted by Gasteiger charge is 2.19. The lowest BCUT2D eigenvalue weighted by atomic mass is 10.1. The van der Waals surface area contributed by atoms with Crippen LogP contribution in [-0.4, -0.2) is 25.6 Å². The summed E-state index contributed by atoms with van der Waals surface area (Å²) in [7, 11) is 1.56. The molecule has 1 amide bonds. The number of amides is 1. The molecule has 6 nitrogen and oxygen atoms in total. The molecule has 0 atom stereocenters. The molecule has 0 saturated carbocycles. The van der Waals surface area contributed by atoms with Gasteiger partial charge in [0.15, 0.2) is 11.5 Å². The van der Waals surface area contributed by atoms with Gasteiger partial charge < -0.3 is 19.5 Å². The number of carbonyl (C=O) groups is 2. The lowest BCUT2D eigenvalue weighted by Crippen LogP contribution is -2.11. The van der Waals surface area contributed by atoms with Crippen molar-refractivity contribution in [1.82, 2.24) is 0 Å². The van der Waals surface area contributed by atoms with Crippen LogP contribution in [0.1, 0.15) is 28.4 Å². The molecular formula is C30H26ClNO5S. The van der Waals surface area contributed by atoms with Gasteiger partial charge in [-0.05, 0) is 60.0 Å². The van der Waals surface area contributed by atoms with Crippen LogP contribution in [0.3, 0.4) is 0 Å². The summed E-state index contributed by atoms with van der Waals surface area (Å²) < 4.78 is 16.6. The summed E-state index contributed by atoms with van der Waals surface area (Å²) in [6.45, 7) is 2.34. The van der Waals surface area contributed by atoms with Gasteiger partial charge >= 0.3 is 5.97 Å².